The fourth-order valence-electron chi connectivity index (χ4n) is 10.3. The second-order valence-electron chi connectivity index (χ2n) is 18.3. The molecule has 0 fully saturated rings. The fraction of sp³-hybridized carbons (Fsp3) is 0. The Morgan fingerprint density at radius 3 is 1.03 bits per heavy atom. The first kappa shape index (κ1) is 42.6. The van der Waals surface area contributed by atoms with E-state index in [1.54, 1.807) is 0 Å². The van der Waals surface area contributed by atoms with Crippen LogP contribution >= 0.6 is 0 Å². The van der Waals surface area contributed by atoms with E-state index in [0.29, 0.717) is 17.5 Å². The van der Waals surface area contributed by atoms with Crippen molar-refractivity contribution >= 4 is 43.6 Å². The number of rotatable bonds is 9. The number of benzene rings is 7. The first-order valence-electron chi connectivity index (χ1n) is 24.5. The van der Waals surface area contributed by atoms with Gasteiger partial charge in [-0.05, 0) is 114 Å². The molecule has 0 unspecified atom stereocenters. The van der Waals surface area contributed by atoms with Gasteiger partial charge in [-0.3, -0.25) is 19.9 Å². The van der Waals surface area contributed by atoms with Crippen LogP contribution < -0.4 is 0 Å². The van der Waals surface area contributed by atoms with Crippen molar-refractivity contribution in [2.45, 2.75) is 0 Å². The predicted molar refractivity (Wildman–Crippen MR) is 298 cm³/mol. The molecule has 0 aliphatic carbocycles. The summed E-state index contributed by atoms with van der Waals surface area (Å²) in [4.78, 5) is 34.2. The summed E-state index contributed by atoms with van der Waals surface area (Å²) in [5, 5.41) is 4.40. The number of nitrogens with zero attached hydrogens (tertiary/aromatic N) is 9. The Kier molecular flexibility index (Phi) is 10.3. The normalized spacial score (nSPS) is 11.5. The minimum Gasteiger partial charge on any atom is -0.309 e. The van der Waals surface area contributed by atoms with Gasteiger partial charge in [-0.25, -0.2) is 15.0 Å². The zero-order valence-corrected chi connectivity index (χ0v) is 39.7. The SMILES string of the molecule is c1ccc(-c2nc(-c3ccccc3)nc(-c3cc(-n4c5ccc(-c6cccnc6)cc5c5cc(-c6ccccn6)ccc54)cc(-n4c5ccc(-c6cccnc6)cc5c5cc(-c6ccccn6)ccc54)c3)n2)cc1. The van der Waals surface area contributed by atoms with Crippen LogP contribution in [0.5, 0.6) is 0 Å². The molecule has 0 radical (unpaired) electrons. The maximum absolute atomic E-state index is 5.31. The van der Waals surface area contributed by atoms with Crippen molar-refractivity contribution in [3.63, 3.8) is 0 Å². The third-order valence-electron chi connectivity index (χ3n) is 13.8. The molecule has 0 aliphatic heterocycles. The van der Waals surface area contributed by atoms with Gasteiger partial charge in [0, 0.05) is 109 Å². The third-order valence-corrected chi connectivity index (χ3v) is 13.8. The van der Waals surface area contributed by atoms with Crippen molar-refractivity contribution < 1.29 is 0 Å². The van der Waals surface area contributed by atoms with Crippen molar-refractivity contribution in [1.29, 1.82) is 0 Å². The van der Waals surface area contributed by atoms with Gasteiger partial charge in [-0.15, -0.1) is 0 Å². The Labute approximate surface area is 425 Å². The number of hydrogen-bond acceptors (Lipinski definition) is 7. The lowest BCUT2D eigenvalue weighted by Gasteiger charge is -2.16. The molecule has 0 saturated heterocycles. The number of fused-ring (bicyclic) bond motifs is 6. The molecule has 0 bridgehead atoms. The van der Waals surface area contributed by atoms with E-state index in [-0.39, 0.29) is 0 Å². The lowest BCUT2D eigenvalue weighted by Crippen LogP contribution is -2.03. The van der Waals surface area contributed by atoms with Crippen molar-refractivity contribution in [2.24, 2.45) is 0 Å². The summed E-state index contributed by atoms with van der Waals surface area (Å²) in [5.74, 6) is 1.73. The molecule has 0 spiro atoms. The van der Waals surface area contributed by atoms with Gasteiger partial charge in [0.1, 0.15) is 0 Å². The van der Waals surface area contributed by atoms with Crippen LogP contribution in [0.2, 0.25) is 0 Å². The number of hydrogen-bond donors (Lipinski definition) is 0. The largest absolute Gasteiger partial charge is 0.309 e. The predicted octanol–water partition coefficient (Wildman–Crippen LogP) is 15.3. The molecule has 0 atom stereocenters. The summed E-state index contributed by atoms with van der Waals surface area (Å²) in [5.41, 5.74) is 16.8. The van der Waals surface area contributed by atoms with E-state index in [1.807, 2.05) is 134 Å². The first-order chi connectivity index (χ1) is 36.7. The fourth-order valence-corrected chi connectivity index (χ4v) is 10.3. The van der Waals surface area contributed by atoms with Crippen LogP contribution in [0, 0.1) is 0 Å². The van der Waals surface area contributed by atoms with Crippen LogP contribution in [0.3, 0.4) is 0 Å². The van der Waals surface area contributed by atoms with Crippen LogP contribution in [-0.2, 0) is 0 Å². The maximum atomic E-state index is 5.31. The van der Waals surface area contributed by atoms with Gasteiger partial charge in [0.2, 0.25) is 0 Å². The van der Waals surface area contributed by atoms with Gasteiger partial charge in [-0.2, -0.15) is 0 Å². The molecule has 7 aromatic heterocycles. The second-order valence-corrected chi connectivity index (χ2v) is 18.3. The van der Waals surface area contributed by atoms with Crippen LogP contribution in [0.15, 0.2) is 250 Å². The molecule has 346 valence electrons. The van der Waals surface area contributed by atoms with Crippen molar-refractivity contribution in [3.8, 4) is 90.3 Å². The van der Waals surface area contributed by atoms with Crippen molar-refractivity contribution in [2.75, 3.05) is 0 Å². The molecule has 14 aromatic rings. The monoisotopic (exact) mass is 947 g/mol. The lowest BCUT2D eigenvalue weighted by atomic mass is 10.0. The molecule has 0 saturated carbocycles. The highest BCUT2D eigenvalue weighted by molar-refractivity contribution is 6.13. The molecule has 9 heteroatoms. The molecule has 7 heterocycles. The Balaban J connectivity index is 1.07. The van der Waals surface area contributed by atoms with Gasteiger partial charge in [-0.1, -0.05) is 109 Å². The average Bonchev–Trinajstić information content (AvgIpc) is 3.99. The van der Waals surface area contributed by atoms with Crippen LogP contribution in [0.1, 0.15) is 0 Å². The molecular weight excluding hydrogens is 907 g/mol. The van der Waals surface area contributed by atoms with E-state index >= 15 is 0 Å². The molecule has 0 aliphatic rings. The molecule has 0 amide bonds. The highest BCUT2D eigenvalue weighted by atomic mass is 15.0. The Morgan fingerprint density at radius 1 is 0.257 bits per heavy atom. The van der Waals surface area contributed by atoms with Crippen LogP contribution in [0.25, 0.3) is 134 Å². The van der Waals surface area contributed by atoms with E-state index in [4.69, 9.17) is 24.9 Å². The minimum atomic E-state index is 0.551. The highest BCUT2D eigenvalue weighted by Gasteiger charge is 2.22. The van der Waals surface area contributed by atoms with Crippen molar-refractivity contribution in [1.82, 2.24) is 44.0 Å². The molecular formula is C65H41N9. The second kappa shape index (κ2) is 17.9. The van der Waals surface area contributed by atoms with E-state index < -0.39 is 0 Å². The quantitative estimate of drug-likeness (QED) is 0.142. The summed E-state index contributed by atoms with van der Waals surface area (Å²) in [6.45, 7) is 0. The van der Waals surface area contributed by atoms with E-state index in [9.17, 15) is 0 Å². The van der Waals surface area contributed by atoms with Gasteiger partial charge in [0.15, 0.2) is 17.5 Å². The Hall–Kier alpha value is -10.3. The lowest BCUT2D eigenvalue weighted by molar-refractivity contribution is 1.07. The summed E-state index contributed by atoms with van der Waals surface area (Å²) in [6, 6.07) is 74.0. The summed E-state index contributed by atoms with van der Waals surface area (Å²) < 4.78 is 4.75. The van der Waals surface area contributed by atoms with Gasteiger partial charge >= 0.3 is 0 Å². The topological polar surface area (TPSA) is 100 Å². The van der Waals surface area contributed by atoms with Gasteiger partial charge in [0.25, 0.3) is 0 Å². The molecule has 0 N–H and O–H groups in total. The number of pyridine rings is 4. The molecule has 74 heavy (non-hydrogen) atoms. The average molecular weight is 948 g/mol. The summed E-state index contributed by atoms with van der Waals surface area (Å²) in [6.07, 6.45) is 11.2. The van der Waals surface area contributed by atoms with Crippen LogP contribution in [-0.4, -0.2) is 44.0 Å². The van der Waals surface area contributed by atoms with Crippen LogP contribution in [0.4, 0.5) is 0 Å². The minimum absolute atomic E-state index is 0.551. The highest BCUT2D eigenvalue weighted by Crippen LogP contribution is 2.42. The van der Waals surface area contributed by atoms with E-state index in [2.05, 4.69) is 134 Å². The first-order valence-corrected chi connectivity index (χ1v) is 24.5. The van der Waals surface area contributed by atoms with E-state index in [0.717, 1.165) is 116 Å². The number of aromatic nitrogens is 9. The molecule has 14 rings (SSSR count). The maximum Gasteiger partial charge on any atom is 0.164 e. The molecule has 9 nitrogen and oxygen atoms in total. The third kappa shape index (κ3) is 7.55. The van der Waals surface area contributed by atoms with Crippen molar-refractivity contribution in [3.05, 3.63) is 250 Å². The standard InChI is InChI=1S/C65H41N9/c1-3-13-42(14-4-1)63-70-64(43-15-5-2-6-16-43)72-65(71-63)50-33-51(73-59-25-21-44(48-17-11-29-66-40-48)35-53(59)55-37-46(23-27-61(55)73)57-19-7-9-31-68-57)39-52(34-50)74-60-26-22-45(49-18-12-30-67-41-49)36-54(60)56-38-47(24-28-62(56)74)58-20-8-10-32-69-58/h1-41H. The van der Waals surface area contributed by atoms with E-state index in [1.165, 1.54) is 0 Å². The smallest absolute Gasteiger partial charge is 0.164 e. The zero-order valence-electron chi connectivity index (χ0n) is 39.7. The van der Waals surface area contributed by atoms with Gasteiger partial charge < -0.3 is 9.13 Å². The zero-order chi connectivity index (χ0) is 49.0. The Bertz CT molecular complexity index is 3920. The Morgan fingerprint density at radius 2 is 0.635 bits per heavy atom. The summed E-state index contributed by atoms with van der Waals surface area (Å²) >= 11 is 0. The molecule has 7 aromatic carbocycles. The summed E-state index contributed by atoms with van der Waals surface area (Å²) in [7, 11) is 0. The van der Waals surface area contributed by atoms with Gasteiger partial charge in [0.05, 0.1) is 33.5 Å².